The van der Waals surface area contributed by atoms with E-state index >= 15 is 0 Å². The zero-order chi connectivity index (χ0) is 21.8. The minimum absolute atomic E-state index is 0.106. The Morgan fingerprint density at radius 3 is 2.61 bits per heavy atom. The van der Waals surface area contributed by atoms with Crippen molar-refractivity contribution in [2.75, 3.05) is 51.4 Å². The van der Waals surface area contributed by atoms with Crippen LogP contribution in [0.2, 0.25) is 0 Å². The van der Waals surface area contributed by atoms with E-state index in [9.17, 15) is 13.9 Å². The molecule has 1 saturated carbocycles. The van der Waals surface area contributed by atoms with Crippen LogP contribution in [-0.2, 0) is 10.7 Å². The van der Waals surface area contributed by atoms with E-state index in [0.29, 0.717) is 26.0 Å². The molecule has 7 heteroatoms. The van der Waals surface area contributed by atoms with Crippen LogP contribution in [0.5, 0.6) is 0 Å². The van der Waals surface area contributed by atoms with Crippen LogP contribution in [0.15, 0.2) is 52.3 Å². The number of hydrogen-bond acceptors (Lipinski definition) is 5. The fourth-order valence-corrected chi connectivity index (χ4v) is 5.18. The molecule has 1 fully saturated rings. The van der Waals surface area contributed by atoms with E-state index in [0.717, 1.165) is 47.2 Å². The summed E-state index contributed by atoms with van der Waals surface area (Å²) in [5.74, 6) is -3.28. The molecule has 2 aromatic rings. The molecule has 168 valence electrons. The van der Waals surface area contributed by atoms with Crippen LogP contribution in [0.3, 0.4) is 0 Å². The van der Waals surface area contributed by atoms with Crippen molar-refractivity contribution in [3.8, 4) is 0 Å². The van der Waals surface area contributed by atoms with E-state index in [1.54, 1.807) is 31.0 Å². The molecule has 0 spiro atoms. The summed E-state index contributed by atoms with van der Waals surface area (Å²) < 4.78 is 34.8. The Morgan fingerprint density at radius 1 is 1.10 bits per heavy atom. The molecule has 1 heterocycles. The lowest BCUT2D eigenvalue weighted by atomic mass is 10.0. The van der Waals surface area contributed by atoms with Crippen molar-refractivity contribution in [2.24, 2.45) is 5.92 Å². The normalized spacial score (nSPS) is 15.8. The summed E-state index contributed by atoms with van der Waals surface area (Å²) in [6.45, 7) is 3.61. The van der Waals surface area contributed by atoms with Crippen LogP contribution in [0.4, 0.5) is 20.2 Å². The molecule has 31 heavy (non-hydrogen) atoms. The van der Waals surface area contributed by atoms with E-state index in [4.69, 9.17) is 4.74 Å². The minimum atomic E-state index is -2.76. The molecule has 1 N–H and O–H groups in total. The second-order valence-electron chi connectivity index (χ2n) is 8.21. The first-order chi connectivity index (χ1) is 15.0. The largest absolute Gasteiger partial charge is 0.395 e. The van der Waals surface area contributed by atoms with Gasteiger partial charge in [0.2, 0.25) is 0 Å². The van der Waals surface area contributed by atoms with E-state index in [1.165, 1.54) is 0 Å². The zero-order valence-corrected chi connectivity index (χ0v) is 18.7. The van der Waals surface area contributed by atoms with Crippen LogP contribution in [0.1, 0.15) is 24.8 Å². The van der Waals surface area contributed by atoms with Crippen molar-refractivity contribution in [1.29, 1.82) is 0 Å². The van der Waals surface area contributed by atoms with Crippen molar-refractivity contribution in [2.45, 2.75) is 35.0 Å². The number of para-hydroxylation sites is 1. The second-order valence-corrected chi connectivity index (χ2v) is 9.30. The smallest absolute Gasteiger partial charge is 0.276 e. The van der Waals surface area contributed by atoms with Gasteiger partial charge in [-0.3, -0.25) is 4.90 Å². The molecule has 4 nitrogen and oxygen atoms in total. The van der Waals surface area contributed by atoms with Crippen LogP contribution in [0.25, 0.3) is 0 Å². The molecule has 4 rings (SSSR count). The van der Waals surface area contributed by atoms with Gasteiger partial charge < -0.3 is 14.7 Å². The number of halogens is 2. The highest BCUT2D eigenvalue weighted by Gasteiger charge is 2.48. The van der Waals surface area contributed by atoms with Crippen molar-refractivity contribution >= 4 is 23.1 Å². The number of aliphatic hydroxyl groups excluding tert-OH is 1. The van der Waals surface area contributed by atoms with Crippen LogP contribution >= 0.6 is 11.8 Å². The Bertz CT molecular complexity index is 892. The average molecular weight is 449 g/mol. The Labute approximate surface area is 187 Å². The average Bonchev–Trinajstić information content (AvgIpc) is 3.62. The summed E-state index contributed by atoms with van der Waals surface area (Å²) in [4.78, 5) is 6.51. The summed E-state index contributed by atoms with van der Waals surface area (Å²) >= 11 is 1.64. The molecule has 0 unspecified atom stereocenters. The van der Waals surface area contributed by atoms with Crippen molar-refractivity contribution in [1.82, 2.24) is 4.90 Å². The predicted octanol–water partition coefficient (Wildman–Crippen LogP) is 5.12. The summed E-state index contributed by atoms with van der Waals surface area (Å²) in [6.07, 6.45) is 2.06. The van der Waals surface area contributed by atoms with Gasteiger partial charge in [-0.25, -0.2) is 8.78 Å². The lowest BCUT2D eigenvalue weighted by Crippen LogP contribution is -2.33. The van der Waals surface area contributed by atoms with Gasteiger partial charge >= 0.3 is 0 Å². The first-order valence-corrected chi connectivity index (χ1v) is 11.7. The first kappa shape index (κ1) is 22.5. The quantitative estimate of drug-likeness (QED) is 0.516. The van der Waals surface area contributed by atoms with Crippen LogP contribution in [0, 0.1) is 5.92 Å². The summed E-state index contributed by atoms with van der Waals surface area (Å²) in [7, 11) is 1.67. The number of alkyl halides is 2. The Hall–Kier alpha value is -1.67. The molecular weight excluding hydrogens is 418 g/mol. The number of rotatable bonds is 11. The van der Waals surface area contributed by atoms with Crippen molar-refractivity contribution < 1.29 is 18.6 Å². The Balaban J connectivity index is 1.56. The Morgan fingerprint density at radius 2 is 1.87 bits per heavy atom. The van der Waals surface area contributed by atoms with Gasteiger partial charge in [-0.2, -0.15) is 0 Å². The minimum Gasteiger partial charge on any atom is -0.395 e. The highest BCUT2D eigenvalue weighted by Crippen LogP contribution is 2.53. The van der Waals surface area contributed by atoms with Gasteiger partial charge in [-0.05, 0) is 43.5 Å². The number of anilines is 2. The third-order valence-corrected chi connectivity index (χ3v) is 7.11. The maximum atomic E-state index is 14.8. The maximum absolute atomic E-state index is 14.8. The van der Waals surface area contributed by atoms with Crippen molar-refractivity contribution in [3.05, 3.63) is 48.0 Å². The number of nitrogens with zero attached hydrogens (tertiary/aromatic N) is 2. The molecule has 0 saturated heterocycles. The van der Waals surface area contributed by atoms with Crippen molar-refractivity contribution in [3.63, 3.8) is 0 Å². The molecule has 0 radical (unpaired) electrons. The topological polar surface area (TPSA) is 35.9 Å². The van der Waals surface area contributed by atoms with Gasteiger partial charge in [0.05, 0.1) is 24.6 Å². The highest BCUT2D eigenvalue weighted by atomic mass is 32.2. The standard InChI is InChI=1S/C24H30F2N2O2S/c1-30-16-14-27(13-15-29)11-4-12-28-20-5-2-3-6-22(20)31-23-10-9-19(17-21(23)28)24(25,26)18-7-8-18/h2-3,5-6,9-10,17-18,29H,4,7-8,11-16H2,1H3. The van der Waals surface area contributed by atoms with Crippen LogP contribution in [-0.4, -0.2) is 56.5 Å². The molecule has 2 aliphatic rings. The molecule has 0 atom stereocenters. The SMILES string of the molecule is COCCN(CCO)CCCN1c2ccccc2Sc2ccc(C(F)(F)C3CC3)cc21. The fraction of sp³-hybridized carbons (Fsp3) is 0.500. The number of methoxy groups -OCH3 is 1. The zero-order valence-electron chi connectivity index (χ0n) is 17.9. The first-order valence-electron chi connectivity index (χ1n) is 10.9. The fourth-order valence-electron chi connectivity index (χ4n) is 4.11. The summed E-state index contributed by atoms with van der Waals surface area (Å²) in [5.41, 5.74) is 2.06. The van der Waals surface area contributed by atoms with E-state index in [2.05, 4.69) is 21.9 Å². The van der Waals surface area contributed by atoms with Gasteiger partial charge in [-0.1, -0.05) is 30.0 Å². The number of fused-ring (bicyclic) bond motifs is 2. The number of hydrogen-bond donors (Lipinski definition) is 1. The van der Waals surface area contributed by atoms with E-state index < -0.39 is 11.8 Å². The summed E-state index contributed by atoms with van der Waals surface area (Å²) in [6, 6.07) is 13.3. The van der Waals surface area contributed by atoms with Gasteiger partial charge in [-0.15, -0.1) is 0 Å². The molecule has 1 aliphatic heterocycles. The monoisotopic (exact) mass is 448 g/mol. The molecular formula is C24H30F2N2O2S. The second kappa shape index (κ2) is 9.86. The van der Waals surface area contributed by atoms with Gasteiger partial charge in [0.15, 0.2) is 0 Å². The van der Waals surface area contributed by atoms with E-state index in [1.807, 2.05) is 18.2 Å². The molecule has 0 amide bonds. The third kappa shape index (κ3) is 5.06. The predicted molar refractivity (Wildman–Crippen MR) is 121 cm³/mol. The highest BCUT2D eigenvalue weighted by molar-refractivity contribution is 7.99. The molecule has 1 aliphatic carbocycles. The Kier molecular flexibility index (Phi) is 7.16. The number of aliphatic hydroxyl groups is 1. The van der Waals surface area contributed by atoms with Gasteiger partial charge in [0.1, 0.15) is 0 Å². The molecule has 2 aromatic carbocycles. The molecule has 0 bridgehead atoms. The lowest BCUT2D eigenvalue weighted by molar-refractivity contribution is -0.0285. The number of benzene rings is 2. The summed E-state index contributed by atoms with van der Waals surface area (Å²) in [5, 5.41) is 9.33. The lowest BCUT2D eigenvalue weighted by Gasteiger charge is -2.34. The maximum Gasteiger partial charge on any atom is 0.276 e. The third-order valence-electron chi connectivity index (χ3n) is 5.98. The molecule has 0 aromatic heterocycles. The van der Waals surface area contributed by atoms with Crippen LogP contribution < -0.4 is 4.90 Å². The van der Waals surface area contributed by atoms with Gasteiger partial charge in [0.25, 0.3) is 5.92 Å². The number of ether oxygens (including phenoxy) is 1. The van der Waals surface area contributed by atoms with E-state index in [-0.39, 0.29) is 12.2 Å². The van der Waals surface area contributed by atoms with Gasteiger partial charge in [0, 0.05) is 54.6 Å².